The summed E-state index contributed by atoms with van der Waals surface area (Å²) >= 11 is 2.13. The highest BCUT2D eigenvalue weighted by Gasteiger charge is 2.43. The van der Waals surface area contributed by atoms with Crippen LogP contribution in [0.5, 0.6) is 0 Å². The molecule has 0 amide bonds. The molecule has 0 saturated carbocycles. The van der Waals surface area contributed by atoms with E-state index in [9.17, 15) is 10.2 Å². The Hall–Kier alpha value is -0.280. The molecule has 1 aromatic heterocycles. The Balaban J connectivity index is 2.19. The second-order valence-electron chi connectivity index (χ2n) is 3.66. The number of hydrogen-bond donors (Lipinski definition) is 3. The van der Waals surface area contributed by atoms with Crippen LogP contribution in [0.15, 0.2) is 18.3 Å². The number of hydrogen-bond acceptors (Lipinski definition) is 5. The van der Waals surface area contributed by atoms with Gasteiger partial charge in [0.2, 0.25) is 0 Å². The highest BCUT2D eigenvalue weighted by atomic mass is 127. The minimum Gasteiger partial charge on any atom is -0.394 e. The first-order valence-corrected chi connectivity index (χ1v) is 5.95. The Morgan fingerprint density at radius 2 is 2.06 bits per heavy atom. The Morgan fingerprint density at radius 3 is 2.56 bits per heavy atom. The molecule has 0 aliphatic carbocycles. The molecule has 0 bridgehead atoms. The zero-order valence-electron chi connectivity index (χ0n) is 8.32. The van der Waals surface area contributed by atoms with Crippen LogP contribution in [0.25, 0.3) is 0 Å². The number of rotatable bonds is 2. The summed E-state index contributed by atoms with van der Waals surface area (Å²) in [5.74, 6) is 0. The van der Waals surface area contributed by atoms with Gasteiger partial charge in [-0.25, -0.2) is 0 Å². The van der Waals surface area contributed by atoms with E-state index in [0.29, 0.717) is 5.69 Å². The van der Waals surface area contributed by atoms with E-state index in [2.05, 4.69) is 27.6 Å². The third-order valence-electron chi connectivity index (χ3n) is 2.58. The Bertz CT molecular complexity index is 358. The summed E-state index contributed by atoms with van der Waals surface area (Å²) in [4.78, 5) is 4.13. The highest BCUT2D eigenvalue weighted by Crippen LogP contribution is 2.32. The largest absolute Gasteiger partial charge is 0.394 e. The maximum Gasteiger partial charge on any atom is 0.128 e. The van der Waals surface area contributed by atoms with Crippen LogP contribution >= 0.6 is 22.6 Å². The van der Waals surface area contributed by atoms with E-state index < -0.39 is 24.4 Å². The summed E-state index contributed by atoms with van der Waals surface area (Å²) in [5, 5.41) is 28.3. The maximum atomic E-state index is 9.75. The smallest absolute Gasteiger partial charge is 0.128 e. The van der Waals surface area contributed by atoms with Crippen LogP contribution in [0.4, 0.5) is 0 Å². The van der Waals surface area contributed by atoms with E-state index in [1.54, 1.807) is 12.3 Å². The molecule has 0 spiro atoms. The van der Waals surface area contributed by atoms with Gasteiger partial charge < -0.3 is 20.1 Å². The van der Waals surface area contributed by atoms with Gasteiger partial charge in [-0.2, -0.15) is 0 Å². The zero-order chi connectivity index (χ0) is 11.7. The van der Waals surface area contributed by atoms with Crippen molar-refractivity contribution in [2.75, 3.05) is 6.61 Å². The molecule has 2 rings (SSSR count). The second-order valence-corrected chi connectivity index (χ2v) is 4.91. The van der Waals surface area contributed by atoms with Crippen LogP contribution in [0.1, 0.15) is 11.8 Å². The van der Waals surface area contributed by atoms with Gasteiger partial charge >= 0.3 is 0 Å². The predicted molar refractivity (Wildman–Crippen MR) is 63.7 cm³/mol. The average Bonchev–Trinajstić information content (AvgIpc) is 2.57. The molecule has 4 atom stereocenters. The molecule has 88 valence electrons. The van der Waals surface area contributed by atoms with Gasteiger partial charge in [0.15, 0.2) is 0 Å². The summed E-state index contributed by atoms with van der Waals surface area (Å²) in [6.45, 7) is -0.320. The van der Waals surface area contributed by atoms with Crippen molar-refractivity contribution in [2.24, 2.45) is 0 Å². The third-order valence-corrected chi connectivity index (χ3v) is 3.22. The molecule has 2 heterocycles. The number of ether oxygens (including phenoxy) is 1. The average molecular weight is 337 g/mol. The number of nitrogens with zero attached hydrogens (tertiary/aromatic N) is 1. The molecule has 5 nitrogen and oxygen atoms in total. The van der Waals surface area contributed by atoms with Crippen LogP contribution in [0.2, 0.25) is 0 Å². The summed E-state index contributed by atoms with van der Waals surface area (Å²) in [7, 11) is 0. The molecule has 1 fully saturated rings. The van der Waals surface area contributed by atoms with Crippen molar-refractivity contribution in [3.63, 3.8) is 0 Å². The van der Waals surface area contributed by atoms with Gasteiger partial charge in [0.1, 0.15) is 24.4 Å². The Morgan fingerprint density at radius 1 is 1.31 bits per heavy atom. The van der Waals surface area contributed by atoms with Gasteiger partial charge in [-0.05, 0) is 34.7 Å². The molecule has 6 heteroatoms. The van der Waals surface area contributed by atoms with Gasteiger partial charge in [-0.3, -0.25) is 4.98 Å². The minimum atomic E-state index is -1.07. The predicted octanol–water partition coefficient (Wildman–Crippen LogP) is -0.160. The molecule has 1 aromatic rings. The van der Waals surface area contributed by atoms with Crippen molar-refractivity contribution >= 4 is 22.6 Å². The van der Waals surface area contributed by atoms with E-state index in [0.717, 1.165) is 3.57 Å². The fourth-order valence-electron chi connectivity index (χ4n) is 1.70. The van der Waals surface area contributed by atoms with Gasteiger partial charge in [0, 0.05) is 9.77 Å². The fourth-order valence-corrected chi connectivity index (χ4v) is 2.02. The monoisotopic (exact) mass is 337 g/mol. The van der Waals surface area contributed by atoms with Gasteiger partial charge in [0.05, 0.1) is 12.3 Å². The van der Waals surface area contributed by atoms with Gasteiger partial charge in [0.25, 0.3) is 0 Å². The molecule has 1 aliphatic rings. The van der Waals surface area contributed by atoms with E-state index >= 15 is 0 Å². The van der Waals surface area contributed by atoms with Crippen LogP contribution in [-0.2, 0) is 4.74 Å². The Labute approximate surface area is 106 Å². The van der Waals surface area contributed by atoms with Crippen LogP contribution in [0.3, 0.4) is 0 Å². The van der Waals surface area contributed by atoms with E-state index in [1.807, 2.05) is 6.07 Å². The lowest BCUT2D eigenvalue weighted by Gasteiger charge is -2.13. The topological polar surface area (TPSA) is 82.8 Å². The van der Waals surface area contributed by atoms with E-state index in [4.69, 9.17) is 9.84 Å². The van der Waals surface area contributed by atoms with Crippen LogP contribution < -0.4 is 0 Å². The molecule has 1 aliphatic heterocycles. The summed E-state index contributed by atoms with van der Waals surface area (Å²) in [6, 6.07) is 3.58. The minimum absolute atomic E-state index is 0.320. The molecule has 0 radical (unpaired) electrons. The van der Waals surface area contributed by atoms with Gasteiger partial charge in [-0.1, -0.05) is 0 Å². The van der Waals surface area contributed by atoms with E-state index in [-0.39, 0.29) is 6.61 Å². The normalized spacial score (nSPS) is 34.2. The highest BCUT2D eigenvalue weighted by molar-refractivity contribution is 14.1. The quantitative estimate of drug-likeness (QED) is 0.654. The first-order chi connectivity index (χ1) is 7.63. The summed E-state index contributed by atoms with van der Waals surface area (Å²) < 4.78 is 6.33. The molecule has 1 saturated heterocycles. The molecule has 3 N–H and O–H groups in total. The van der Waals surface area contributed by atoms with Crippen molar-refractivity contribution in [1.82, 2.24) is 4.98 Å². The number of aliphatic hydroxyl groups excluding tert-OH is 3. The number of halogens is 1. The Kier molecular flexibility index (Phi) is 3.75. The molecule has 0 aromatic carbocycles. The fraction of sp³-hybridized carbons (Fsp3) is 0.500. The number of pyridine rings is 1. The van der Waals surface area contributed by atoms with Gasteiger partial charge in [-0.15, -0.1) is 0 Å². The second kappa shape index (κ2) is 4.92. The van der Waals surface area contributed by atoms with Crippen molar-refractivity contribution in [2.45, 2.75) is 24.4 Å². The first kappa shape index (κ1) is 12.2. The molecule has 0 unspecified atom stereocenters. The van der Waals surface area contributed by atoms with Crippen molar-refractivity contribution in [1.29, 1.82) is 0 Å². The maximum absolute atomic E-state index is 9.75. The lowest BCUT2D eigenvalue weighted by atomic mass is 10.1. The zero-order valence-corrected chi connectivity index (χ0v) is 10.5. The standard InChI is InChI=1S/C10H12INO4/c11-5-1-2-6(12-3-5)10-9(15)8(14)7(4-13)16-10/h1-3,7-10,13-15H,4H2/t7-,8-,9-,10+/m1/s1. The number of aromatic nitrogens is 1. The lowest BCUT2D eigenvalue weighted by Crippen LogP contribution is -2.32. The van der Waals surface area contributed by atoms with E-state index in [1.165, 1.54) is 0 Å². The molecule has 16 heavy (non-hydrogen) atoms. The lowest BCUT2D eigenvalue weighted by molar-refractivity contribution is -0.0239. The molecular weight excluding hydrogens is 325 g/mol. The first-order valence-electron chi connectivity index (χ1n) is 4.87. The third kappa shape index (κ3) is 2.21. The van der Waals surface area contributed by atoms with Crippen LogP contribution in [-0.4, -0.2) is 45.2 Å². The van der Waals surface area contributed by atoms with Crippen LogP contribution in [0, 0.1) is 3.57 Å². The number of aliphatic hydroxyl groups is 3. The van der Waals surface area contributed by atoms with Crippen molar-refractivity contribution in [3.8, 4) is 0 Å². The SMILES string of the molecule is OC[C@H]1O[C@@H](c2ccc(I)cn2)[C@H](O)[C@@H]1O. The van der Waals surface area contributed by atoms with Crippen molar-refractivity contribution < 1.29 is 20.1 Å². The van der Waals surface area contributed by atoms with Crippen molar-refractivity contribution in [3.05, 3.63) is 27.6 Å². The summed E-state index contributed by atoms with van der Waals surface area (Å²) in [6.07, 6.45) is -1.89. The summed E-state index contributed by atoms with van der Waals surface area (Å²) in [5.41, 5.74) is 0.558. The molecular formula is C10H12INO4.